The molecule has 0 unspecified atom stereocenters. The Bertz CT molecular complexity index is 1930. The lowest BCUT2D eigenvalue weighted by atomic mass is 9.79. The van der Waals surface area contributed by atoms with Crippen molar-refractivity contribution in [3.8, 4) is 0 Å². The molecule has 8 nitrogen and oxygen atoms in total. The molecule has 70 heavy (non-hydrogen) atoms. The zero-order valence-electron chi connectivity index (χ0n) is 45.7. The predicted molar refractivity (Wildman–Crippen MR) is 292 cm³/mol. The van der Waals surface area contributed by atoms with Crippen molar-refractivity contribution < 1.29 is 38.0 Å². The van der Waals surface area contributed by atoms with Crippen LogP contribution in [0.5, 0.6) is 0 Å². The summed E-state index contributed by atoms with van der Waals surface area (Å²) in [4.78, 5) is 0. The van der Waals surface area contributed by atoms with Gasteiger partial charge in [-0.25, -0.2) is 0 Å². The summed E-state index contributed by atoms with van der Waals surface area (Å²) in [5, 5.41) is 19.5. The molecule has 0 radical (unpaired) electrons. The smallest absolute Gasteiger partial charge is 0.192 e. The molecule has 8 rings (SSSR count). The number of benzene rings is 4. The quantitative estimate of drug-likeness (QED) is 0.107. The van der Waals surface area contributed by atoms with Crippen LogP contribution in [0.1, 0.15) is 143 Å². The summed E-state index contributed by atoms with van der Waals surface area (Å²) in [6, 6.07) is 41.0. The fraction of sp³-hybridized carbons (Fsp3) is 0.600. The van der Waals surface area contributed by atoms with Crippen molar-refractivity contribution in [2.24, 2.45) is 0 Å². The van der Waals surface area contributed by atoms with Crippen LogP contribution in [0.25, 0.3) is 0 Å². The van der Waals surface area contributed by atoms with E-state index in [1.165, 1.54) is 22.3 Å². The molecule has 0 aliphatic heterocycles. The Hall–Kier alpha value is -3.01. The second-order valence-corrected chi connectivity index (χ2v) is 34.4. The first-order valence-electron chi connectivity index (χ1n) is 26.0. The minimum Gasteiger partial charge on any atom is -0.411 e. The third kappa shape index (κ3) is 18.8. The molecule has 388 valence electrons. The molecule has 2 N–H and O–H groups in total. The number of rotatable bonds is 16. The molecule has 0 saturated heterocycles. The molecular formula is C60H92O8Si2. The van der Waals surface area contributed by atoms with Gasteiger partial charge in [0.2, 0.25) is 0 Å². The molecule has 10 heteroatoms. The first-order valence-corrected chi connectivity index (χ1v) is 31.8. The standard InChI is InChI=1S/2C18H30O2Si.2C12H16O2/c2*1-17(2,3)21(5,6)20-18(4)12-16(13-18)19-14-15-10-8-7-9-11-15;2*1-12(13)7-11(8-12)14-9-10-5-3-2-4-6-10/h2*7-11,16H,12-14H2,1-6H3;2*2-6,11,13H,7-9H2,1H3. The lowest BCUT2D eigenvalue weighted by Crippen LogP contribution is -2.56. The maximum absolute atomic E-state index is 9.50. The van der Waals surface area contributed by atoms with Crippen LogP contribution in [0.2, 0.25) is 36.3 Å². The van der Waals surface area contributed by atoms with E-state index in [2.05, 4.69) is 154 Å². The largest absolute Gasteiger partial charge is 0.411 e. The molecule has 0 heterocycles. The zero-order chi connectivity index (χ0) is 51.5. The second-order valence-electron chi connectivity index (χ2n) is 24.9. The maximum Gasteiger partial charge on any atom is 0.192 e. The summed E-state index contributed by atoms with van der Waals surface area (Å²) in [7, 11) is -3.36. The third-order valence-corrected chi connectivity index (χ3v) is 24.5. The van der Waals surface area contributed by atoms with Crippen molar-refractivity contribution in [3.63, 3.8) is 0 Å². The second kappa shape index (κ2) is 24.4. The molecule has 4 aliphatic carbocycles. The number of hydrogen-bond acceptors (Lipinski definition) is 8. The van der Waals surface area contributed by atoms with Gasteiger partial charge in [-0.2, -0.15) is 0 Å². The minimum absolute atomic E-state index is 0.0182. The lowest BCUT2D eigenvalue weighted by Gasteiger charge is -2.51. The number of hydrogen-bond donors (Lipinski definition) is 2. The van der Waals surface area contributed by atoms with E-state index < -0.39 is 27.8 Å². The Morgan fingerprint density at radius 2 is 0.586 bits per heavy atom. The molecule has 4 saturated carbocycles. The van der Waals surface area contributed by atoms with Gasteiger partial charge in [0.05, 0.1) is 73.2 Å². The van der Waals surface area contributed by atoms with Crippen LogP contribution in [0.4, 0.5) is 0 Å². The molecular weight excluding hydrogens is 905 g/mol. The van der Waals surface area contributed by atoms with Crippen LogP contribution in [-0.2, 0) is 54.2 Å². The highest BCUT2D eigenvalue weighted by atomic mass is 28.4. The summed E-state index contributed by atoms with van der Waals surface area (Å²) < 4.78 is 36.4. The van der Waals surface area contributed by atoms with Gasteiger partial charge >= 0.3 is 0 Å². The van der Waals surface area contributed by atoms with E-state index in [9.17, 15) is 10.2 Å². The molecule has 4 aliphatic rings. The van der Waals surface area contributed by atoms with Crippen molar-refractivity contribution in [1.82, 2.24) is 0 Å². The van der Waals surface area contributed by atoms with E-state index in [1.807, 2.05) is 62.4 Å². The molecule has 4 aromatic carbocycles. The Kier molecular flexibility index (Phi) is 20.1. The van der Waals surface area contributed by atoms with Crippen LogP contribution < -0.4 is 0 Å². The van der Waals surface area contributed by atoms with Gasteiger partial charge in [-0.1, -0.05) is 163 Å². The van der Waals surface area contributed by atoms with Crippen molar-refractivity contribution >= 4 is 16.6 Å². The van der Waals surface area contributed by atoms with Crippen LogP contribution >= 0.6 is 0 Å². The third-order valence-electron chi connectivity index (χ3n) is 15.2. The van der Waals surface area contributed by atoms with E-state index in [0.717, 1.165) is 51.4 Å². The Morgan fingerprint density at radius 1 is 0.386 bits per heavy atom. The van der Waals surface area contributed by atoms with E-state index >= 15 is 0 Å². The van der Waals surface area contributed by atoms with Crippen molar-refractivity contribution in [2.45, 2.75) is 230 Å². The van der Waals surface area contributed by atoms with Gasteiger partial charge in [0.1, 0.15) is 0 Å². The van der Waals surface area contributed by atoms with Gasteiger partial charge in [-0.3, -0.25) is 0 Å². The van der Waals surface area contributed by atoms with Crippen LogP contribution in [0.3, 0.4) is 0 Å². The van der Waals surface area contributed by atoms with Gasteiger partial charge in [0.15, 0.2) is 16.6 Å². The van der Waals surface area contributed by atoms with E-state index in [4.69, 9.17) is 27.8 Å². The molecule has 0 atom stereocenters. The van der Waals surface area contributed by atoms with Crippen molar-refractivity contribution in [2.75, 3.05) is 0 Å². The monoisotopic (exact) mass is 997 g/mol. The van der Waals surface area contributed by atoms with Gasteiger partial charge in [-0.15, -0.1) is 0 Å². The summed E-state index contributed by atoms with van der Waals surface area (Å²) >= 11 is 0. The van der Waals surface area contributed by atoms with Gasteiger partial charge in [0, 0.05) is 51.4 Å². The van der Waals surface area contributed by atoms with Crippen molar-refractivity contribution in [3.05, 3.63) is 144 Å². The average Bonchev–Trinajstić information content (AvgIpc) is 3.24. The lowest BCUT2D eigenvalue weighted by molar-refractivity contribution is -0.134. The van der Waals surface area contributed by atoms with Gasteiger partial charge < -0.3 is 38.0 Å². The highest BCUT2D eigenvalue weighted by molar-refractivity contribution is 6.74. The molecule has 4 fully saturated rings. The SMILES string of the molecule is CC1(O)CC(OCc2ccccc2)C1.CC1(O)CC(OCc2ccccc2)C1.CC1(O[Si](C)(C)C(C)(C)C)CC(OCc2ccccc2)C1.CC1(O[Si](C)(C)C(C)(C)C)CC(OCc2ccccc2)C1. The summed E-state index contributed by atoms with van der Waals surface area (Å²) in [6.45, 7) is 34.0. The summed E-state index contributed by atoms with van der Waals surface area (Å²) in [5.41, 5.74) is 3.95. The molecule has 4 aromatic rings. The van der Waals surface area contributed by atoms with E-state index in [1.54, 1.807) is 0 Å². The normalized spacial score (nSPS) is 28.3. The van der Waals surface area contributed by atoms with E-state index in [-0.39, 0.29) is 33.5 Å². The highest BCUT2D eigenvalue weighted by Gasteiger charge is 2.50. The van der Waals surface area contributed by atoms with Crippen LogP contribution in [0, 0.1) is 0 Å². The Morgan fingerprint density at radius 3 is 0.771 bits per heavy atom. The van der Waals surface area contributed by atoms with Crippen LogP contribution in [-0.4, -0.2) is 73.7 Å². The van der Waals surface area contributed by atoms with Crippen molar-refractivity contribution in [1.29, 1.82) is 0 Å². The van der Waals surface area contributed by atoms with Crippen LogP contribution in [0.15, 0.2) is 121 Å². The van der Waals surface area contributed by atoms with E-state index in [0.29, 0.717) is 38.6 Å². The average molecular weight is 998 g/mol. The zero-order valence-corrected chi connectivity index (χ0v) is 47.7. The predicted octanol–water partition coefficient (Wildman–Crippen LogP) is 14.5. The number of ether oxygens (including phenoxy) is 4. The maximum atomic E-state index is 9.50. The summed E-state index contributed by atoms with van der Waals surface area (Å²) in [5.74, 6) is 0. The topological polar surface area (TPSA) is 95.8 Å². The minimum atomic E-state index is -1.68. The fourth-order valence-corrected chi connectivity index (χ4v) is 12.4. The van der Waals surface area contributed by atoms with Gasteiger partial charge in [0.25, 0.3) is 0 Å². The number of aliphatic hydroxyl groups is 2. The highest BCUT2D eigenvalue weighted by Crippen LogP contribution is 2.47. The molecule has 0 amide bonds. The Balaban J connectivity index is 0.000000177. The van der Waals surface area contributed by atoms with Gasteiger partial charge in [-0.05, 0) is 86.2 Å². The molecule has 0 aromatic heterocycles. The molecule has 0 spiro atoms. The fourth-order valence-electron chi connectivity index (χ4n) is 8.98. The Labute approximate surface area is 426 Å². The first kappa shape index (κ1) is 57.9. The first-order chi connectivity index (χ1) is 32.5. The summed E-state index contributed by atoms with van der Waals surface area (Å²) in [6.07, 6.45) is 8.31. The molecule has 0 bridgehead atoms.